The van der Waals surface area contributed by atoms with E-state index in [1.807, 2.05) is 78.9 Å². The van der Waals surface area contributed by atoms with Crippen LogP contribution in [0, 0.1) is 5.92 Å². The minimum absolute atomic E-state index is 0.0908. The number of rotatable bonds is 14. The van der Waals surface area contributed by atoms with Crippen molar-refractivity contribution in [3.63, 3.8) is 0 Å². The SMILES string of the molecule is CC[C@H]1OC(O)(c2cc(CO[Si](c3ccccc3)(c3ccccc3)C(C)(C)C)c(Cl)c(OC)c2)[C@H](OCc2ccccc2)[C@@H](OCc2ccccc2)[C@@H]1C. The molecule has 5 atom stereocenters. The molecule has 54 heavy (non-hydrogen) atoms. The van der Waals surface area contributed by atoms with Gasteiger partial charge in [-0.2, -0.15) is 0 Å². The number of methoxy groups -OCH3 is 1. The minimum atomic E-state index is -2.94. The van der Waals surface area contributed by atoms with Crippen molar-refractivity contribution in [3.8, 4) is 5.75 Å². The number of hydrogen-bond donors (Lipinski definition) is 1. The Morgan fingerprint density at radius 2 is 1.24 bits per heavy atom. The Bertz CT molecular complexity index is 1880. The fourth-order valence-electron chi connectivity index (χ4n) is 7.84. The van der Waals surface area contributed by atoms with Gasteiger partial charge in [0, 0.05) is 11.5 Å². The van der Waals surface area contributed by atoms with E-state index >= 15 is 0 Å². The van der Waals surface area contributed by atoms with E-state index in [0.29, 0.717) is 34.9 Å². The summed E-state index contributed by atoms with van der Waals surface area (Å²) in [7, 11) is -1.36. The summed E-state index contributed by atoms with van der Waals surface area (Å²) in [6.07, 6.45) is -1.09. The van der Waals surface area contributed by atoms with Crippen molar-refractivity contribution in [2.45, 2.75) is 90.0 Å². The minimum Gasteiger partial charge on any atom is -0.495 e. The third-order valence-corrected chi connectivity index (χ3v) is 16.1. The molecule has 0 saturated carbocycles. The van der Waals surface area contributed by atoms with Crippen LogP contribution in [0.3, 0.4) is 0 Å². The van der Waals surface area contributed by atoms with Gasteiger partial charge < -0.3 is 28.5 Å². The monoisotopic (exact) mass is 764 g/mol. The van der Waals surface area contributed by atoms with Gasteiger partial charge in [0.1, 0.15) is 11.9 Å². The van der Waals surface area contributed by atoms with Gasteiger partial charge in [-0.3, -0.25) is 0 Å². The summed E-state index contributed by atoms with van der Waals surface area (Å²) in [4.78, 5) is 0. The van der Waals surface area contributed by atoms with Gasteiger partial charge in [-0.1, -0.05) is 168 Å². The Balaban J connectivity index is 1.44. The van der Waals surface area contributed by atoms with E-state index in [2.05, 4.69) is 83.1 Å². The van der Waals surface area contributed by atoms with Crippen LogP contribution in [-0.2, 0) is 44.2 Å². The fraction of sp³-hybridized carbons (Fsp3) is 0.348. The lowest BCUT2D eigenvalue weighted by Gasteiger charge is -2.50. The van der Waals surface area contributed by atoms with Crippen molar-refractivity contribution >= 4 is 30.3 Å². The Morgan fingerprint density at radius 1 is 0.741 bits per heavy atom. The third kappa shape index (κ3) is 8.24. The Kier molecular flexibility index (Phi) is 12.8. The van der Waals surface area contributed by atoms with E-state index in [9.17, 15) is 5.11 Å². The molecule has 1 fully saturated rings. The first kappa shape index (κ1) is 39.9. The number of aliphatic hydroxyl groups is 1. The average Bonchev–Trinajstić information content (AvgIpc) is 3.19. The zero-order valence-electron chi connectivity index (χ0n) is 32.2. The van der Waals surface area contributed by atoms with E-state index in [-0.39, 0.29) is 30.3 Å². The van der Waals surface area contributed by atoms with E-state index in [4.69, 9.17) is 35.0 Å². The van der Waals surface area contributed by atoms with Crippen molar-refractivity contribution in [1.29, 1.82) is 0 Å². The maximum Gasteiger partial charge on any atom is 0.261 e. The normalized spacial score (nSPS) is 21.9. The molecule has 0 bridgehead atoms. The topological polar surface area (TPSA) is 66.4 Å². The van der Waals surface area contributed by atoms with Gasteiger partial charge in [0.15, 0.2) is 0 Å². The molecule has 5 aromatic rings. The Hall–Kier alpha value is -3.79. The Labute approximate surface area is 327 Å². The molecular formula is C46H53ClO6Si. The molecule has 284 valence electrons. The maximum atomic E-state index is 13.1. The zero-order chi connectivity index (χ0) is 38.3. The highest BCUT2D eigenvalue weighted by atomic mass is 35.5. The highest BCUT2D eigenvalue weighted by Gasteiger charge is 2.55. The predicted molar refractivity (Wildman–Crippen MR) is 219 cm³/mol. The van der Waals surface area contributed by atoms with Gasteiger partial charge in [0.25, 0.3) is 8.32 Å². The van der Waals surface area contributed by atoms with Crippen LogP contribution in [-0.4, -0.2) is 38.8 Å². The standard InChI is InChI=1S/C46H53ClO6Si/c1-7-40-33(2)43(50-30-34-20-12-8-13-21-34)44(51-31-35-22-14-9-15-23-35)46(48,53-40)37-28-36(42(47)41(29-37)49-6)32-52-54(45(3,4)5,38-24-16-10-17-25-38)39-26-18-11-19-27-39/h8-29,33,40,43-44,48H,7,30-32H2,1-6H3/t33-,40-,43+,44-,46?/m1/s1. The zero-order valence-corrected chi connectivity index (χ0v) is 34.0. The van der Waals surface area contributed by atoms with Crippen LogP contribution in [0.15, 0.2) is 133 Å². The van der Waals surface area contributed by atoms with E-state index in [1.54, 1.807) is 13.2 Å². The molecule has 5 aromatic carbocycles. The summed E-state index contributed by atoms with van der Waals surface area (Å²) >= 11 is 7.14. The van der Waals surface area contributed by atoms with E-state index in [1.165, 1.54) is 0 Å². The molecule has 0 spiro atoms. The molecule has 1 aliphatic rings. The highest BCUT2D eigenvalue weighted by molar-refractivity contribution is 6.99. The van der Waals surface area contributed by atoms with Crippen LogP contribution in [0.4, 0.5) is 0 Å². The summed E-state index contributed by atoms with van der Waals surface area (Å²) < 4.78 is 33.4. The number of halogens is 1. The molecule has 1 saturated heterocycles. The van der Waals surface area contributed by atoms with Gasteiger partial charge in [-0.15, -0.1) is 0 Å². The van der Waals surface area contributed by atoms with Crippen molar-refractivity contribution in [1.82, 2.24) is 0 Å². The molecule has 6 nitrogen and oxygen atoms in total. The molecule has 1 aliphatic heterocycles. The second-order valence-electron chi connectivity index (χ2n) is 15.2. The lowest BCUT2D eigenvalue weighted by Crippen LogP contribution is -2.66. The van der Waals surface area contributed by atoms with Crippen LogP contribution in [0.25, 0.3) is 0 Å². The number of benzene rings is 5. The summed E-state index contributed by atoms with van der Waals surface area (Å²) in [5.74, 6) is -1.61. The second kappa shape index (κ2) is 17.3. The molecule has 0 aromatic heterocycles. The summed E-state index contributed by atoms with van der Waals surface area (Å²) in [6.45, 7) is 11.7. The Morgan fingerprint density at radius 3 is 1.72 bits per heavy atom. The number of ether oxygens (including phenoxy) is 4. The second-order valence-corrected chi connectivity index (χ2v) is 19.9. The fourth-order valence-corrected chi connectivity index (χ4v) is 12.6. The largest absolute Gasteiger partial charge is 0.495 e. The van der Waals surface area contributed by atoms with E-state index in [0.717, 1.165) is 21.5 Å². The molecule has 0 amide bonds. The van der Waals surface area contributed by atoms with Crippen LogP contribution >= 0.6 is 11.6 Å². The van der Waals surface area contributed by atoms with Crippen molar-refractivity contribution in [3.05, 3.63) is 161 Å². The van der Waals surface area contributed by atoms with Crippen molar-refractivity contribution < 1.29 is 28.5 Å². The smallest absolute Gasteiger partial charge is 0.261 e. The predicted octanol–water partition coefficient (Wildman–Crippen LogP) is 9.19. The van der Waals surface area contributed by atoms with Gasteiger partial charge in [-0.25, -0.2) is 0 Å². The molecule has 1 N–H and O–H groups in total. The lowest BCUT2D eigenvalue weighted by molar-refractivity contribution is -0.361. The van der Waals surface area contributed by atoms with Crippen LogP contribution in [0.2, 0.25) is 10.1 Å². The van der Waals surface area contributed by atoms with Crippen molar-refractivity contribution in [2.24, 2.45) is 5.92 Å². The molecular weight excluding hydrogens is 712 g/mol. The maximum absolute atomic E-state index is 13.1. The molecule has 8 heteroatoms. The van der Waals surface area contributed by atoms with Crippen LogP contribution < -0.4 is 15.1 Å². The molecule has 6 rings (SSSR count). The third-order valence-electron chi connectivity index (χ3n) is 10.7. The van der Waals surface area contributed by atoms with Gasteiger partial charge in [0.2, 0.25) is 5.79 Å². The van der Waals surface area contributed by atoms with Crippen LogP contribution in [0.1, 0.15) is 63.3 Å². The van der Waals surface area contributed by atoms with E-state index < -0.39 is 26.3 Å². The molecule has 0 aliphatic carbocycles. The van der Waals surface area contributed by atoms with Gasteiger partial charge in [0.05, 0.1) is 44.2 Å². The molecule has 1 heterocycles. The average molecular weight is 765 g/mol. The summed E-state index contributed by atoms with van der Waals surface area (Å²) in [5, 5.41) is 15.5. The number of hydrogen-bond acceptors (Lipinski definition) is 6. The lowest BCUT2D eigenvalue weighted by atomic mass is 9.82. The highest BCUT2D eigenvalue weighted by Crippen LogP contribution is 2.46. The van der Waals surface area contributed by atoms with Gasteiger partial charge >= 0.3 is 0 Å². The summed E-state index contributed by atoms with van der Waals surface area (Å²) in [5.41, 5.74) is 3.14. The first-order valence-electron chi connectivity index (χ1n) is 18.8. The first-order chi connectivity index (χ1) is 26.0. The van der Waals surface area contributed by atoms with Crippen LogP contribution in [0.5, 0.6) is 5.75 Å². The van der Waals surface area contributed by atoms with Crippen molar-refractivity contribution in [2.75, 3.05) is 7.11 Å². The quantitative estimate of drug-likeness (QED) is 0.114. The first-order valence-corrected chi connectivity index (χ1v) is 21.1. The molecule has 1 unspecified atom stereocenters. The van der Waals surface area contributed by atoms with Gasteiger partial charge in [-0.05, 0) is 50.7 Å². The summed E-state index contributed by atoms with van der Waals surface area (Å²) in [6, 6.07) is 44.6. The molecule has 0 radical (unpaired) electrons.